The summed E-state index contributed by atoms with van der Waals surface area (Å²) in [6, 6.07) is 6.30. The van der Waals surface area contributed by atoms with Crippen LogP contribution in [0, 0.1) is 11.3 Å². The molecule has 208 valence electrons. The Balaban J connectivity index is 1.59. The van der Waals surface area contributed by atoms with Crippen molar-refractivity contribution in [2.45, 2.75) is 90.5 Å². The molecule has 0 saturated carbocycles. The van der Waals surface area contributed by atoms with Crippen LogP contribution in [0.1, 0.15) is 71.0 Å². The number of fused-ring (bicyclic) bond motifs is 2. The third-order valence-electron chi connectivity index (χ3n) is 8.56. The number of carbonyl (C=O) groups is 4. The SMILES string of the molecule is CN[C@H](C)C(=O)N[C@H](C(=O)N1CC[C@@H]2[C@H]1[C@@H](C(=O)N[C@@H]1CCCc3ccccc31)CN2C(C)=O)C(C)(C)C. The normalized spacial score (nSPS) is 26.3. The predicted octanol–water partition coefficient (Wildman–Crippen LogP) is 1.77. The number of carbonyl (C=O) groups excluding carboxylic acids is 4. The fraction of sp³-hybridized carbons (Fsp3) is 0.655. The van der Waals surface area contributed by atoms with Crippen LogP contribution in [0.2, 0.25) is 0 Å². The number of hydrogen-bond donors (Lipinski definition) is 3. The van der Waals surface area contributed by atoms with Gasteiger partial charge in [0.2, 0.25) is 23.6 Å². The highest BCUT2D eigenvalue weighted by atomic mass is 16.2. The van der Waals surface area contributed by atoms with Gasteiger partial charge in [0.15, 0.2) is 0 Å². The second kappa shape index (κ2) is 11.0. The molecule has 1 aromatic carbocycles. The smallest absolute Gasteiger partial charge is 0.246 e. The van der Waals surface area contributed by atoms with Crippen molar-refractivity contribution < 1.29 is 19.2 Å². The van der Waals surface area contributed by atoms with E-state index in [0.717, 1.165) is 24.8 Å². The lowest BCUT2D eigenvalue weighted by molar-refractivity contribution is -0.142. The van der Waals surface area contributed by atoms with Gasteiger partial charge < -0.3 is 25.8 Å². The van der Waals surface area contributed by atoms with E-state index >= 15 is 0 Å². The van der Waals surface area contributed by atoms with Crippen molar-refractivity contribution >= 4 is 23.6 Å². The average Bonchev–Trinajstić information content (AvgIpc) is 3.46. The highest BCUT2D eigenvalue weighted by molar-refractivity contribution is 5.91. The number of rotatable bonds is 6. The van der Waals surface area contributed by atoms with Crippen molar-refractivity contribution in [1.82, 2.24) is 25.8 Å². The molecular formula is C29H43N5O4. The van der Waals surface area contributed by atoms with Gasteiger partial charge >= 0.3 is 0 Å². The fourth-order valence-electron chi connectivity index (χ4n) is 6.33. The van der Waals surface area contributed by atoms with Crippen molar-refractivity contribution in [2.24, 2.45) is 11.3 Å². The van der Waals surface area contributed by atoms with Gasteiger partial charge in [0.05, 0.1) is 30.1 Å². The minimum Gasteiger partial charge on any atom is -0.349 e. The topological polar surface area (TPSA) is 111 Å². The second-order valence-electron chi connectivity index (χ2n) is 12.1. The summed E-state index contributed by atoms with van der Waals surface area (Å²) in [6.45, 7) is 9.78. The summed E-state index contributed by atoms with van der Waals surface area (Å²) in [5.41, 5.74) is 1.87. The third-order valence-corrected chi connectivity index (χ3v) is 8.56. The zero-order valence-electron chi connectivity index (χ0n) is 23.5. The Hall–Kier alpha value is -2.94. The number of benzene rings is 1. The Morgan fingerprint density at radius 3 is 2.42 bits per heavy atom. The minimum atomic E-state index is -0.759. The molecule has 2 aliphatic heterocycles. The minimum absolute atomic E-state index is 0.0764. The largest absolute Gasteiger partial charge is 0.349 e. The standard InChI is InChI=1S/C29H43N5O4/c1-17(30-6)26(36)32-25(29(3,4)5)28(38)33-15-14-23-24(33)21(16-34(23)18(2)35)27(37)31-22-13-9-11-19-10-7-8-12-20(19)22/h7-8,10,12,17,21-25,30H,9,11,13-16H2,1-6H3,(H,31,37)(H,32,36)/t17-,21+,22-,23-,24-,25-/m1/s1. The molecule has 3 aliphatic rings. The van der Waals surface area contributed by atoms with Crippen molar-refractivity contribution in [3.8, 4) is 0 Å². The number of aryl methyl sites for hydroxylation is 1. The van der Waals surface area contributed by atoms with Gasteiger partial charge in [0.25, 0.3) is 0 Å². The van der Waals surface area contributed by atoms with E-state index in [1.54, 1.807) is 23.8 Å². The molecule has 2 fully saturated rings. The second-order valence-corrected chi connectivity index (χ2v) is 12.1. The third kappa shape index (κ3) is 5.44. The Labute approximate surface area is 226 Å². The summed E-state index contributed by atoms with van der Waals surface area (Å²) >= 11 is 0. The van der Waals surface area contributed by atoms with Crippen LogP contribution in [0.3, 0.4) is 0 Å². The fourth-order valence-corrected chi connectivity index (χ4v) is 6.33. The summed E-state index contributed by atoms with van der Waals surface area (Å²) in [4.78, 5) is 56.7. The Bertz CT molecular complexity index is 1080. The van der Waals surface area contributed by atoms with E-state index < -0.39 is 29.5 Å². The number of likely N-dealkylation sites (N-methyl/N-ethyl adjacent to an activating group) is 1. The zero-order chi connectivity index (χ0) is 27.8. The molecule has 4 amide bonds. The van der Waals surface area contributed by atoms with Crippen molar-refractivity contribution in [1.29, 1.82) is 0 Å². The van der Waals surface area contributed by atoms with Crippen LogP contribution in [0.5, 0.6) is 0 Å². The lowest BCUT2D eigenvalue weighted by Gasteiger charge is -2.37. The van der Waals surface area contributed by atoms with Crippen LogP contribution in [-0.4, -0.2) is 77.7 Å². The maximum Gasteiger partial charge on any atom is 0.246 e. The summed E-state index contributed by atoms with van der Waals surface area (Å²) in [6.07, 6.45) is 3.48. The molecule has 38 heavy (non-hydrogen) atoms. The molecule has 9 nitrogen and oxygen atoms in total. The average molecular weight is 526 g/mol. The molecule has 0 aromatic heterocycles. The van der Waals surface area contributed by atoms with Gasteiger partial charge in [-0.25, -0.2) is 0 Å². The highest BCUT2D eigenvalue weighted by Crippen LogP contribution is 2.38. The molecule has 2 heterocycles. The number of hydrogen-bond acceptors (Lipinski definition) is 5. The van der Waals surface area contributed by atoms with Crippen molar-refractivity contribution in [3.05, 3.63) is 35.4 Å². The van der Waals surface area contributed by atoms with Crippen LogP contribution in [0.4, 0.5) is 0 Å². The van der Waals surface area contributed by atoms with Gasteiger partial charge in [-0.2, -0.15) is 0 Å². The molecule has 1 aromatic rings. The molecule has 9 heteroatoms. The van der Waals surface area contributed by atoms with Crippen LogP contribution in [-0.2, 0) is 25.6 Å². The Morgan fingerprint density at radius 2 is 1.76 bits per heavy atom. The monoisotopic (exact) mass is 525 g/mol. The first kappa shape index (κ1) is 28.1. The predicted molar refractivity (Wildman–Crippen MR) is 145 cm³/mol. The van der Waals surface area contributed by atoms with E-state index in [1.165, 1.54) is 12.5 Å². The molecule has 0 radical (unpaired) electrons. The quantitative estimate of drug-likeness (QED) is 0.524. The van der Waals surface area contributed by atoms with E-state index in [4.69, 9.17) is 0 Å². The first-order valence-corrected chi connectivity index (χ1v) is 13.9. The maximum absolute atomic E-state index is 14.0. The molecular weight excluding hydrogens is 482 g/mol. The molecule has 0 unspecified atom stereocenters. The van der Waals surface area contributed by atoms with E-state index in [2.05, 4.69) is 28.1 Å². The number of likely N-dealkylation sites (tertiary alicyclic amines) is 2. The summed E-state index contributed by atoms with van der Waals surface area (Å²) < 4.78 is 0. The van der Waals surface area contributed by atoms with Crippen LogP contribution < -0.4 is 16.0 Å². The van der Waals surface area contributed by atoms with Gasteiger partial charge in [-0.15, -0.1) is 0 Å². The van der Waals surface area contributed by atoms with E-state index in [-0.39, 0.29) is 42.3 Å². The lowest BCUT2D eigenvalue weighted by Crippen LogP contribution is -2.59. The van der Waals surface area contributed by atoms with E-state index in [9.17, 15) is 19.2 Å². The van der Waals surface area contributed by atoms with Crippen LogP contribution >= 0.6 is 0 Å². The lowest BCUT2D eigenvalue weighted by atomic mass is 9.84. The Morgan fingerprint density at radius 1 is 1.05 bits per heavy atom. The summed E-state index contributed by atoms with van der Waals surface area (Å²) in [7, 11) is 1.70. The van der Waals surface area contributed by atoms with Crippen molar-refractivity contribution in [3.63, 3.8) is 0 Å². The molecule has 3 N–H and O–H groups in total. The molecule has 6 atom stereocenters. The van der Waals surface area contributed by atoms with Crippen molar-refractivity contribution in [2.75, 3.05) is 20.1 Å². The molecule has 4 rings (SSSR count). The van der Waals surface area contributed by atoms with Gasteiger partial charge in [-0.3, -0.25) is 19.2 Å². The van der Waals surface area contributed by atoms with Gasteiger partial charge in [0, 0.05) is 20.0 Å². The van der Waals surface area contributed by atoms with E-state index in [1.807, 2.05) is 32.9 Å². The van der Waals surface area contributed by atoms with Gasteiger partial charge in [0.1, 0.15) is 6.04 Å². The first-order chi connectivity index (χ1) is 17.9. The first-order valence-electron chi connectivity index (χ1n) is 13.9. The van der Waals surface area contributed by atoms with Crippen LogP contribution in [0.25, 0.3) is 0 Å². The molecule has 0 spiro atoms. The number of amides is 4. The van der Waals surface area contributed by atoms with Crippen LogP contribution in [0.15, 0.2) is 24.3 Å². The number of nitrogens with one attached hydrogen (secondary N) is 3. The van der Waals surface area contributed by atoms with Gasteiger partial charge in [-0.1, -0.05) is 45.0 Å². The molecule has 1 aliphatic carbocycles. The molecule has 0 bridgehead atoms. The summed E-state index contributed by atoms with van der Waals surface area (Å²) in [5.74, 6) is -1.19. The summed E-state index contributed by atoms with van der Waals surface area (Å²) in [5, 5.41) is 9.13. The van der Waals surface area contributed by atoms with E-state index in [0.29, 0.717) is 13.0 Å². The number of nitrogens with zero attached hydrogens (tertiary/aromatic N) is 2. The maximum atomic E-state index is 14.0. The molecule has 2 saturated heterocycles. The van der Waals surface area contributed by atoms with Gasteiger partial charge in [-0.05, 0) is 56.2 Å². The Kier molecular flexibility index (Phi) is 8.16. The zero-order valence-corrected chi connectivity index (χ0v) is 23.5. The highest BCUT2D eigenvalue weighted by Gasteiger charge is 2.55.